The minimum atomic E-state index is -0.273. The summed E-state index contributed by atoms with van der Waals surface area (Å²) in [5.74, 6) is 1.92. The number of hydrogen-bond donors (Lipinski definition) is 0. The lowest BCUT2D eigenvalue weighted by Crippen LogP contribution is -1.97. The van der Waals surface area contributed by atoms with Crippen LogP contribution in [0, 0.1) is 12.7 Å². The van der Waals surface area contributed by atoms with Crippen molar-refractivity contribution in [2.24, 2.45) is 0 Å². The normalized spacial score (nSPS) is 11.0. The van der Waals surface area contributed by atoms with E-state index in [1.165, 1.54) is 12.1 Å². The number of fused-ring (bicyclic) bond motifs is 1. The highest BCUT2D eigenvalue weighted by Gasteiger charge is 2.11. The molecule has 27 heavy (non-hydrogen) atoms. The van der Waals surface area contributed by atoms with E-state index in [-0.39, 0.29) is 5.82 Å². The Kier molecular flexibility index (Phi) is 4.28. The van der Waals surface area contributed by atoms with Crippen LogP contribution in [0.25, 0.3) is 27.8 Å². The lowest BCUT2D eigenvalue weighted by atomic mass is 10.0. The van der Waals surface area contributed by atoms with E-state index >= 15 is 0 Å². The third kappa shape index (κ3) is 3.01. The summed E-state index contributed by atoms with van der Waals surface area (Å²) in [6.07, 6.45) is 0. The smallest absolute Gasteiger partial charge is 0.161 e. The van der Waals surface area contributed by atoms with Gasteiger partial charge in [-0.25, -0.2) is 9.37 Å². The van der Waals surface area contributed by atoms with Crippen molar-refractivity contribution in [3.63, 3.8) is 0 Å². The monoisotopic (exact) mass is 362 g/mol. The van der Waals surface area contributed by atoms with Crippen LogP contribution in [0.3, 0.4) is 0 Å². The topological polar surface area (TPSA) is 36.3 Å². The van der Waals surface area contributed by atoms with Crippen molar-refractivity contribution in [1.82, 2.24) is 9.55 Å². The van der Waals surface area contributed by atoms with Crippen LogP contribution in [0.15, 0.2) is 60.7 Å². The third-order valence-electron chi connectivity index (χ3n) is 4.63. The maximum absolute atomic E-state index is 13.7. The second-order valence-electron chi connectivity index (χ2n) is 6.24. The van der Waals surface area contributed by atoms with E-state index in [4.69, 9.17) is 9.47 Å². The van der Waals surface area contributed by atoms with Gasteiger partial charge in [-0.2, -0.15) is 0 Å². The highest BCUT2D eigenvalue weighted by molar-refractivity contribution is 5.78. The van der Waals surface area contributed by atoms with Crippen LogP contribution >= 0.6 is 0 Å². The molecule has 5 heteroatoms. The molecular weight excluding hydrogens is 343 g/mol. The van der Waals surface area contributed by atoms with Gasteiger partial charge in [0, 0.05) is 11.8 Å². The largest absolute Gasteiger partial charge is 0.493 e. The average molecular weight is 362 g/mol. The Morgan fingerprint density at radius 3 is 2.22 bits per heavy atom. The number of benzene rings is 3. The second-order valence-corrected chi connectivity index (χ2v) is 6.24. The van der Waals surface area contributed by atoms with Gasteiger partial charge in [-0.15, -0.1) is 0 Å². The first kappa shape index (κ1) is 17.1. The van der Waals surface area contributed by atoms with Crippen LogP contribution in [0.2, 0.25) is 0 Å². The van der Waals surface area contributed by atoms with Gasteiger partial charge in [-0.05, 0) is 54.4 Å². The van der Waals surface area contributed by atoms with E-state index in [1.807, 2.05) is 54.0 Å². The van der Waals surface area contributed by atoms with Crippen molar-refractivity contribution < 1.29 is 13.9 Å². The van der Waals surface area contributed by atoms with Crippen molar-refractivity contribution in [1.29, 1.82) is 0 Å². The molecule has 0 amide bonds. The third-order valence-corrected chi connectivity index (χ3v) is 4.63. The Bertz CT molecular complexity index is 1120. The van der Waals surface area contributed by atoms with Crippen LogP contribution in [0.5, 0.6) is 11.5 Å². The molecule has 1 heterocycles. The maximum atomic E-state index is 13.7. The number of methoxy groups -OCH3 is 2. The standard InChI is InChI=1S/C22H19FN2O2/c1-14-24-19-10-7-17(23)13-20(19)25(14)18-8-4-15(5-9-18)16-6-11-21(26-2)22(12-16)27-3/h4-13H,1-3H3. The number of halogens is 1. The van der Waals surface area contributed by atoms with E-state index in [0.717, 1.165) is 33.7 Å². The summed E-state index contributed by atoms with van der Waals surface area (Å²) in [7, 11) is 3.24. The molecule has 0 aliphatic heterocycles. The zero-order valence-corrected chi connectivity index (χ0v) is 15.4. The van der Waals surface area contributed by atoms with Crippen LogP contribution < -0.4 is 9.47 Å². The Hall–Kier alpha value is -3.34. The molecule has 4 nitrogen and oxygen atoms in total. The molecule has 1 aromatic heterocycles. The van der Waals surface area contributed by atoms with Crippen molar-refractivity contribution in [3.8, 4) is 28.3 Å². The lowest BCUT2D eigenvalue weighted by molar-refractivity contribution is 0.355. The van der Waals surface area contributed by atoms with Gasteiger partial charge in [0.2, 0.25) is 0 Å². The molecular formula is C22H19FN2O2. The molecule has 0 N–H and O–H groups in total. The Balaban J connectivity index is 1.75. The zero-order chi connectivity index (χ0) is 19.0. The van der Waals surface area contributed by atoms with Gasteiger partial charge < -0.3 is 9.47 Å². The molecule has 0 fully saturated rings. The van der Waals surface area contributed by atoms with Crippen LogP contribution in [-0.2, 0) is 0 Å². The number of rotatable bonds is 4. The molecule has 0 unspecified atom stereocenters. The summed E-state index contributed by atoms with van der Waals surface area (Å²) in [6.45, 7) is 1.92. The molecule has 4 rings (SSSR count). The number of ether oxygens (including phenoxy) is 2. The van der Waals surface area contributed by atoms with E-state index in [9.17, 15) is 4.39 Å². The van der Waals surface area contributed by atoms with E-state index in [1.54, 1.807) is 20.3 Å². The number of imidazole rings is 1. The fraction of sp³-hybridized carbons (Fsp3) is 0.136. The molecule has 4 aromatic rings. The molecule has 0 spiro atoms. The summed E-state index contributed by atoms with van der Waals surface area (Å²) in [6, 6.07) is 18.5. The molecule has 0 saturated heterocycles. The predicted molar refractivity (Wildman–Crippen MR) is 104 cm³/mol. The SMILES string of the molecule is COc1ccc(-c2ccc(-n3c(C)nc4ccc(F)cc43)cc2)cc1OC. The molecule has 0 saturated carbocycles. The van der Waals surface area contributed by atoms with Crippen LogP contribution in [0.4, 0.5) is 4.39 Å². The summed E-state index contributed by atoms with van der Waals surface area (Å²) in [5.41, 5.74) is 4.54. The lowest BCUT2D eigenvalue weighted by Gasteiger charge is -2.11. The first-order valence-corrected chi connectivity index (χ1v) is 8.58. The summed E-state index contributed by atoms with van der Waals surface area (Å²) in [4.78, 5) is 4.52. The highest BCUT2D eigenvalue weighted by atomic mass is 19.1. The van der Waals surface area contributed by atoms with Gasteiger partial charge >= 0.3 is 0 Å². The Morgan fingerprint density at radius 2 is 1.52 bits per heavy atom. The van der Waals surface area contributed by atoms with E-state index in [0.29, 0.717) is 11.5 Å². The summed E-state index contributed by atoms with van der Waals surface area (Å²) < 4.78 is 26.3. The van der Waals surface area contributed by atoms with Crippen molar-refractivity contribution >= 4 is 11.0 Å². The predicted octanol–water partition coefficient (Wildman–Crippen LogP) is 5.16. The summed E-state index contributed by atoms with van der Waals surface area (Å²) in [5, 5.41) is 0. The maximum Gasteiger partial charge on any atom is 0.161 e. The highest BCUT2D eigenvalue weighted by Crippen LogP contribution is 2.33. The van der Waals surface area contributed by atoms with Gasteiger partial charge in [-0.1, -0.05) is 18.2 Å². The van der Waals surface area contributed by atoms with Gasteiger partial charge in [-0.3, -0.25) is 4.57 Å². The first-order chi connectivity index (χ1) is 13.1. The second kappa shape index (κ2) is 6.76. The fourth-order valence-corrected chi connectivity index (χ4v) is 3.31. The zero-order valence-electron chi connectivity index (χ0n) is 15.4. The van der Waals surface area contributed by atoms with Crippen molar-refractivity contribution in [2.45, 2.75) is 6.92 Å². The minimum Gasteiger partial charge on any atom is -0.493 e. The van der Waals surface area contributed by atoms with Crippen molar-refractivity contribution in [2.75, 3.05) is 14.2 Å². The molecule has 136 valence electrons. The molecule has 0 aliphatic rings. The number of aromatic nitrogens is 2. The Morgan fingerprint density at radius 1 is 0.815 bits per heavy atom. The van der Waals surface area contributed by atoms with Crippen LogP contribution in [0.1, 0.15) is 5.82 Å². The molecule has 3 aromatic carbocycles. The molecule has 0 aliphatic carbocycles. The van der Waals surface area contributed by atoms with Gasteiger partial charge in [0.05, 0.1) is 25.3 Å². The summed E-state index contributed by atoms with van der Waals surface area (Å²) >= 11 is 0. The minimum absolute atomic E-state index is 0.273. The Labute approximate surface area is 156 Å². The quantitative estimate of drug-likeness (QED) is 0.503. The molecule has 0 radical (unpaired) electrons. The average Bonchev–Trinajstić information content (AvgIpc) is 3.02. The van der Waals surface area contributed by atoms with Gasteiger partial charge in [0.25, 0.3) is 0 Å². The van der Waals surface area contributed by atoms with E-state index in [2.05, 4.69) is 4.98 Å². The van der Waals surface area contributed by atoms with Gasteiger partial charge in [0.15, 0.2) is 11.5 Å². The number of nitrogens with zero attached hydrogens (tertiary/aromatic N) is 2. The number of aryl methyl sites for hydroxylation is 1. The van der Waals surface area contributed by atoms with E-state index < -0.39 is 0 Å². The van der Waals surface area contributed by atoms with Crippen LogP contribution in [-0.4, -0.2) is 23.8 Å². The first-order valence-electron chi connectivity index (χ1n) is 8.58. The fourth-order valence-electron chi connectivity index (χ4n) is 3.31. The molecule has 0 bridgehead atoms. The van der Waals surface area contributed by atoms with Crippen molar-refractivity contribution in [3.05, 3.63) is 72.3 Å². The molecule has 0 atom stereocenters. The number of hydrogen-bond acceptors (Lipinski definition) is 3. The van der Waals surface area contributed by atoms with Gasteiger partial charge in [0.1, 0.15) is 11.6 Å².